The van der Waals surface area contributed by atoms with Crippen molar-refractivity contribution >= 4 is 33.1 Å². The molecule has 0 bridgehead atoms. The summed E-state index contributed by atoms with van der Waals surface area (Å²) in [6, 6.07) is 13.7. The fourth-order valence-corrected chi connectivity index (χ4v) is 3.66. The van der Waals surface area contributed by atoms with Crippen LogP contribution in [0.2, 0.25) is 0 Å². The van der Waals surface area contributed by atoms with Gasteiger partial charge in [0.05, 0.1) is 28.7 Å². The highest BCUT2D eigenvalue weighted by atomic mass is 32.1. The van der Waals surface area contributed by atoms with Crippen molar-refractivity contribution in [3.63, 3.8) is 0 Å². The van der Waals surface area contributed by atoms with Gasteiger partial charge in [0.25, 0.3) is 5.91 Å². The minimum Gasteiger partial charge on any atom is -0.331 e. The first-order valence-corrected chi connectivity index (χ1v) is 8.63. The third-order valence-electron chi connectivity index (χ3n) is 3.99. The van der Waals surface area contributed by atoms with E-state index in [-0.39, 0.29) is 5.91 Å². The molecule has 3 aromatic heterocycles. The van der Waals surface area contributed by atoms with E-state index in [2.05, 4.69) is 9.97 Å². The van der Waals surface area contributed by atoms with Crippen molar-refractivity contribution in [2.45, 2.75) is 13.5 Å². The van der Waals surface area contributed by atoms with Crippen molar-refractivity contribution in [2.24, 2.45) is 0 Å². The minimum atomic E-state index is -0.0374. The molecule has 0 spiro atoms. The molecule has 4 aromatic rings. The van der Waals surface area contributed by atoms with Gasteiger partial charge in [-0.3, -0.25) is 4.79 Å². The van der Waals surface area contributed by atoms with Crippen LogP contribution in [0, 0.1) is 0 Å². The van der Waals surface area contributed by atoms with E-state index in [0.29, 0.717) is 18.1 Å². The summed E-state index contributed by atoms with van der Waals surface area (Å²) in [5.74, 6) is -0.0374. The zero-order valence-corrected chi connectivity index (χ0v) is 14.0. The number of hydrogen-bond donors (Lipinski definition) is 0. The Morgan fingerprint density at radius 2 is 2.04 bits per heavy atom. The smallest absolute Gasteiger partial charge is 0.283 e. The molecule has 1 aromatic carbocycles. The number of nitrogens with zero attached hydrogens (tertiary/aromatic N) is 4. The quantitative estimate of drug-likeness (QED) is 0.572. The highest BCUT2D eigenvalue weighted by molar-refractivity contribution is 7.20. The van der Waals surface area contributed by atoms with E-state index in [0.717, 1.165) is 21.6 Å². The van der Waals surface area contributed by atoms with E-state index >= 15 is 0 Å². The number of pyridine rings is 1. The number of rotatable bonds is 4. The average molecular weight is 336 g/mol. The van der Waals surface area contributed by atoms with Crippen LogP contribution in [0.1, 0.15) is 22.4 Å². The van der Waals surface area contributed by atoms with Crippen LogP contribution < -0.4 is 0 Å². The van der Waals surface area contributed by atoms with Gasteiger partial charge in [0, 0.05) is 12.7 Å². The molecule has 1 amide bonds. The molecule has 0 aliphatic rings. The Morgan fingerprint density at radius 1 is 1.21 bits per heavy atom. The molecular weight excluding hydrogens is 320 g/mol. The van der Waals surface area contributed by atoms with Crippen LogP contribution in [0.3, 0.4) is 0 Å². The molecule has 0 saturated heterocycles. The van der Waals surface area contributed by atoms with Gasteiger partial charge in [0.15, 0.2) is 5.01 Å². The first-order valence-electron chi connectivity index (χ1n) is 7.82. The number of carbonyl (C=O) groups excluding carboxylic acids is 1. The Kier molecular flexibility index (Phi) is 3.74. The van der Waals surface area contributed by atoms with Crippen LogP contribution in [0.5, 0.6) is 0 Å². The van der Waals surface area contributed by atoms with Gasteiger partial charge >= 0.3 is 0 Å². The Labute approximate surface area is 143 Å². The SMILES string of the molecule is CCN(Cc1cnc2ccccn12)C(=O)c1nc2ccccc2s1. The number of hydrogen-bond acceptors (Lipinski definition) is 4. The van der Waals surface area contributed by atoms with Crippen LogP contribution in [-0.4, -0.2) is 31.7 Å². The zero-order chi connectivity index (χ0) is 16.5. The van der Waals surface area contributed by atoms with Crippen LogP contribution in [-0.2, 0) is 6.54 Å². The summed E-state index contributed by atoms with van der Waals surface area (Å²) in [4.78, 5) is 23.5. The number of aromatic nitrogens is 3. The summed E-state index contributed by atoms with van der Waals surface area (Å²) < 4.78 is 3.04. The summed E-state index contributed by atoms with van der Waals surface area (Å²) in [6.45, 7) is 3.11. The van der Waals surface area contributed by atoms with Crippen molar-refractivity contribution < 1.29 is 4.79 Å². The van der Waals surface area contributed by atoms with Gasteiger partial charge in [0.2, 0.25) is 0 Å². The maximum Gasteiger partial charge on any atom is 0.283 e. The van der Waals surface area contributed by atoms with E-state index in [9.17, 15) is 4.79 Å². The molecule has 0 saturated carbocycles. The van der Waals surface area contributed by atoms with Crippen molar-refractivity contribution in [1.29, 1.82) is 0 Å². The molecule has 0 unspecified atom stereocenters. The van der Waals surface area contributed by atoms with Gasteiger partial charge in [-0.25, -0.2) is 9.97 Å². The summed E-state index contributed by atoms with van der Waals surface area (Å²) >= 11 is 1.44. The number of imidazole rings is 1. The highest BCUT2D eigenvalue weighted by Crippen LogP contribution is 2.23. The molecular formula is C18H16N4OS. The Bertz CT molecular complexity index is 987. The van der Waals surface area contributed by atoms with Crippen LogP contribution in [0.15, 0.2) is 54.9 Å². The first kappa shape index (κ1) is 14.8. The molecule has 6 heteroatoms. The van der Waals surface area contributed by atoms with Crippen molar-refractivity contribution in [1.82, 2.24) is 19.3 Å². The molecule has 0 fully saturated rings. The minimum absolute atomic E-state index is 0.0374. The summed E-state index contributed by atoms with van der Waals surface area (Å²) in [6.07, 6.45) is 3.79. The van der Waals surface area contributed by atoms with E-state index in [4.69, 9.17) is 0 Å². The van der Waals surface area contributed by atoms with Gasteiger partial charge in [-0.05, 0) is 31.2 Å². The fraction of sp³-hybridized carbons (Fsp3) is 0.167. The lowest BCUT2D eigenvalue weighted by Gasteiger charge is -2.19. The molecule has 0 atom stereocenters. The predicted octanol–water partition coefficient (Wildman–Crippen LogP) is 3.61. The number of thiazole rings is 1. The van der Waals surface area contributed by atoms with E-state index in [1.54, 1.807) is 4.90 Å². The van der Waals surface area contributed by atoms with Crippen LogP contribution in [0.4, 0.5) is 0 Å². The molecule has 0 aliphatic heterocycles. The zero-order valence-electron chi connectivity index (χ0n) is 13.2. The largest absolute Gasteiger partial charge is 0.331 e. The van der Waals surface area contributed by atoms with Gasteiger partial charge < -0.3 is 9.30 Å². The van der Waals surface area contributed by atoms with Crippen molar-refractivity contribution in [3.05, 3.63) is 65.6 Å². The van der Waals surface area contributed by atoms with Crippen LogP contribution >= 0.6 is 11.3 Å². The number of para-hydroxylation sites is 1. The molecule has 3 heterocycles. The Balaban J connectivity index is 1.64. The Morgan fingerprint density at radius 3 is 2.88 bits per heavy atom. The number of carbonyl (C=O) groups is 1. The third-order valence-corrected chi connectivity index (χ3v) is 5.02. The molecule has 0 N–H and O–H groups in total. The van der Waals surface area contributed by atoms with Crippen molar-refractivity contribution in [3.8, 4) is 0 Å². The summed E-state index contributed by atoms with van der Waals surface area (Å²) in [5.41, 5.74) is 2.75. The lowest BCUT2D eigenvalue weighted by Crippen LogP contribution is -2.30. The lowest BCUT2D eigenvalue weighted by atomic mass is 10.3. The Hall–Kier alpha value is -2.73. The van der Waals surface area contributed by atoms with E-state index < -0.39 is 0 Å². The topological polar surface area (TPSA) is 50.5 Å². The maximum atomic E-state index is 12.9. The van der Waals surface area contributed by atoms with Gasteiger partial charge in [-0.15, -0.1) is 11.3 Å². The standard InChI is InChI=1S/C18H16N4OS/c1-2-21(12-13-11-19-16-9-5-6-10-22(13)16)18(23)17-20-14-7-3-4-8-15(14)24-17/h3-11H,2,12H2,1H3. The second-order valence-electron chi connectivity index (χ2n) is 5.48. The number of fused-ring (bicyclic) bond motifs is 2. The molecule has 24 heavy (non-hydrogen) atoms. The number of amides is 1. The third kappa shape index (κ3) is 2.55. The van der Waals surface area contributed by atoms with Crippen molar-refractivity contribution in [2.75, 3.05) is 6.54 Å². The summed E-state index contributed by atoms with van der Waals surface area (Å²) in [7, 11) is 0. The first-order chi connectivity index (χ1) is 11.8. The average Bonchev–Trinajstić information content (AvgIpc) is 3.23. The van der Waals surface area contributed by atoms with Gasteiger partial charge in [-0.2, -0.15) is 0 Å². The van der Waals surface area contributed by atoms with Gasteiger partial charge in [-0.1, -0.05) is 18.2 Å². The molecule has 0 radical (unpaired) electrons. The number of benzene rings is 1. The van der Waals surface area contributed by atoms with Gasteiger partial charge in [0.1, 0.15) is 5.65 Å². The molecule has 4 rings (SSSR count). The van der Waals surface area contributed by atoms with Crippen LogP contribution in [0.25, 0.3) is 15.9 Å². The lowest BCUT2D eigenvalue weighted by molar-refractivity contribution is 0.0750. The maximum absolute atomic E-state index is 12.9. The second kappa shape index (κ2) is 6.05. The summed E-state index contributed by atoms with van der Waals surface area (Å²) in [5, 5.41) is 0.534. The highest BCUT2D eigenvalue weighted by Gasteiger charge is 2.20. The monoisotopic (exact) mass is 336 g/mol. The molecule has 0 aliphatic carbocycles. The van der Waals surface area contributed by atoms with E-state index in [1.165, 1.54) is 11.3 Å². The normalized spacial score (nSPS) is 11.2. The second-order valence-corrected chi connectivity index (χ2v) is 6.52. The predicted molar refractivity (Wildman–Crippen MR) is 95.2 cm³/mol. The van der Waals surface area contributed by atoms with E-state index in [1.807, 2.05) is 66.2 Å². The molecule has 5 nitrogen and oxygen atoms in total. The fourth-order valence-electron chi connectivity index (χ4n) is 2.72. The molecule has 120 valence electrons.